The number of thioether (sulfide) groups is 1. The summed E-state index contributed by atoms with van der Waals surface area (Å²) in [5.41, 5.74) is 1.16. The molecule has 3 heteroatoms. The van der Waals surface area contributed by atoms with Crippen LogP contribution in [0.3, 0.4) is 0 Å². The second kappa shape index (κ2) is 3.31. The standard InChI is InChI=1S/C11H12O2S/c1-8-4-2-3-5-9(8)14-11(6-7-11)10(12)13/h2-5H,6-7H2,1H3,(H,12,13). The van der Waals surface area contributed by atoms with Crippen molar-refractivity contribution < 1.29 is 9.90 Å². The van der Waals surface area contributed by atoms with Crippen LogP contribution in [0.25, 0.3) is 0 Å². The maximum Gasteiger partial charge on any atom is 0.320 e. The average Bonchev–Trinajstić information content (AvgIpc) is 2.90. The molecule has 74 valence electrons. The summed E-state index contributed by atoms with van der Waals surface area (Å²) in [5, 5.41) is 9.04. The number of benzene rings is 1. The normalized spacial score (nSPS) is 17.8. The molecule has 0 unspecified atom stereocenters. The van der Waals surface area contributed by atoms with Gasteiger partial charge in [0.15, 0.2) is 0 Å². The first kappa shape index (κ1) is 9.59. The highest BCUT2D eigenvalue weighted by atomic mass is 32.2. The maximum absolute atomic E-state index is 11.0. The molecule has 2 nitrogen and oxygen atoms in total. The molecule has 14 heavy (non-hydrogen) atoms. The SMILES string of the molecule is Cc1ccccc1SC1(C(=O)O)CC1. The van der Waals surface area contributed by atoms with E-state index in [0.717, 1.165) is 23.3 Å². The monoisotopic (exact) mass is 208 g/mol. The number of rotatable bonds is 3. The van der Waals surface area contributed by atoms with E-state index in [1.807, 2.05) is 31.2 Å². The van der Waals surface area contributed by atoms with Gasteiger partial charge in [-0.1, -0.05) is 18.2 Å². The van der Waals surface area contributed by atoms with Crippen molar-refractivity contribution in [2.75, 3.05) is 0 Å². The highest BCUT2D eigenvalue weighted by molar-refractivity contribution is 8.01. The Kier molecular flexibility index (Phi) is 2.27. The van der Waals surface area contributed by atoms with Gasteiger partial charge in [-0.15, -0.1) is 11.8 Å². The first-order valence-electron chi connectivity index (χ1n) is 4.62. The van der Waals surface area contributed by atoms with Crippen LogP contribution < -0.4 is 0 Å². The van der Waals surface area contributed by atoms with Crippen molar-refractivity contribution in [2.45, 2.75) is 29.4 Å². The Labute approximate surface area is 87.3 Å². The molecule has 0 heterocycles. The lowest BCUT2D eigenvalue weighted by Crippen LogP contribution is -2.17. The Hall–Kier alpha value is -0.960. The van der Waals surface area contributed by atoms with Crippen LogP contribution in [0.15, 0.2) is 29.2 Å². The summed E-state index contributed by atoms with van der Waals surface area (Å²) in [6.45, 7) is 2.01. The van der Waals surface area contributed by atoms with E-state index in [1.165, 1.54) is 11.8 Å². The van der Waals surface area contributed by atoms with Crippen molar-refractivity contribution in [1.29, 1.82) is 0 Å². The summed E-state index contributed by atoms with van der Waals surface area (Å²) in [7, 11) is 0. The minimum absolute atomic E-state index is 0.522. The van der Waals surface area contributed by atoms with E-state index in [1.54, 1.807) is 0 Å². The van der Waals surface area contributed by atoms with Crippen LogP contribution in [-0.2, 0) is 4.79 Å². The van der Waals surface area contributed by atoms with E-state index < -0.39 is 10.7 Å². The summed E-state index contributed by atoms with van der Waals surface area (Å²) in [6, 6.07) is 7.93. The molecule has 1 aliphatic carbocycles. The van der Waals surface area contributed by atoms with Crippen molar-refractivity contribution in [2.24, 2.45) is 0 Å². The van der Waals surface area contributed by atoms with E-state index in [2.05, 4.69) is 0 Å². The molecule has 1 fully saturated rings. The fraction of sp³-hybridized carbons (Fsp3) is 0.364. The Morgan fingerprint density at radius 1 is 1.43 bits per heavy atom. The first-order valence-corrected chi connectivity index (χ1v) is 5.44. The molecule has 1 saturated carbocycles. The third kappa shape index (κ3) is 1.64. The number of aryl methyl sites for hydroxylation is 1. The predicted octanol–water partition coefficient (Wildman–Crippen LogP) is 2.70. The first-order chi connectivity index (χ1) is 6.64. The molecule has 1 N–H and O–H groups in total. The van der Waals surface area contributed by atoms with E-state index in [4.69, 9.17) is 5.11 Å². The topological polar surface area (TPSA) is 37.3 Å². The molecular formula is C11H12O2S. The Balaban J connectivity index is 2.19. The van der Waals surface area contributed by atoms with Gasteiger partial charge in [-0.05, 0) is 31.4 Å². The lowest BCUT2D eigenvalue weighted by Gasteiger charge is -2.10. The number of carbonyl (C=O) groups is 1. The minimum atomic E-state index is -0.675. The number of hydrogen-bond donors (Lipinski definition) is 1. The molecule has 1 aromatic rings. The molecule has 0 bridgehead atoms. The van der Waals surface area contributed by atoms with Gasteiger partial charge >= 0.3 is 5.97 Å². The predicted molar refractivity (Wildman–Crippen MR) is 56.6 cm³/mol. The van der Waals surface area contributed by atoms with Gasteiger partial charge in [0.25, 0.3) is 0 Å². The lowest BCUT2D eigenvalue weighted by molar-refractivity contribution is -0.137. The zero-order valence-electron chi connectivity index (χ0n) is 7.99. The quantitative estimate of drug-likeness (QED) is 0.829. The average molecular weight is 208 g/mol. The van der Waals surface area contributed by atoms with E-state index in [9.17, 15) is 4.79 Å². The summed E-state index contributed by atoms with van der Waals surface area (Å²) in [5.74, 6) is -0.675. The van der Waals surface area contributed by atoms with Crippen molar-refractivity contribution in [3.05, 3.63) is 29.8 Å². The van der Waals surface area contributed by atoms with Crippen LogP contribution in [0, 0.1) is 6.92 Å². The van der Waals surface area contributed by atoms with E-state index in [-0.39, 0.29) is 0 Å². The van der Waals surface area contributed by atoms with Crippen LogP contribution in [0.1, 0.15) is 18.4 Å². The minimum Gasteiger partial charge on any atom is -0.480 e. The molecule has 1 aromatic carbocycles. The summed E-state index contributed by atoms with van der Waals surface area (Å²) in [4.78, 5) is 12.1. The van der Waals surface area contributed by atoms with Crippen LogP contribution in [0.5, 0.6) is 0 Å². The summed E-state index contributed by atoms with van der Waals surface area (Å²) in [6.07, 6.45) is 1.59. The summed E-state index contributed by atoms with van der Waals surface area (Å²) >= 11 is 1.49. The molecule has 0 radical (unpaired) electrons. The lowest BCUT2D eigenvalue weighted by atomic mass is 10.2. The Bertz CT molecular complexity index is 369. The van der Waals surface area contributed by atoms with Crippen LogP contribution in [0.4, 0.5) is 0 Å². The zero-order chi connectivity index (χ0) is 10.2. The molecule has 0 atom stereocenters. The molecule has 0 spiro atoms. The van der Waals surface area contributed by atoms with Gasteiger partial charge in [-0.3, -0.25) is 4.79 Å². The Morgan fingerprint density at radius 2 is 2.07 bits per heavy atom. The number of carboxylic acids is 1. The Morgan fingerprint density at radius 3 is 2.57 bits per heavy atom. The molecule has 0 amide bonds. The fourth-order valence-electron chi connectivity index (χ4n) is 1.35. The molecule has 0 saturated heterocycles. The maximum atomic E-state index is 11.0. The number of carboxylic acid groups (broad SMARTS) is 1. The van der Waals surface area contributed by atoms with Crippen molar-refractivity contribution in [1.82, 2.24) is 0 Å². The van der Waals surface area contributed by atoms with Gasteiger partial charge < -0.3 is 5.11 Å². The third-order valence-corrected chi connectivity index (χ3v) is 4.14. The van der Waals surface area contributed by atoms with Crippen LogP contribution in [0.2, 0.25) is 0 Å². The van der Waals surface area contributed by atoms with Crippen molar-refractivity contribution in [3.63, 3.8) is 0 Å². The zero-order valence-corrected chi connectivity index (χ0v) is 8.80. The molecule has 0 aliphatic heterocycles. The highest BCUT2D eigenvalue weighted by Gasteiger charge is 2.51. The van der Waals surface area contributed by atoms with E-state index >= 15 is 0 Å². The summed E-state index contributed by atoms with van der Waals surface area (Å²) < 4.78 is -0.522. The molecular weight excluding hydrogens is 196 g/mol. The van der Waals surface area contributed by atoms with E-state index in [0.29, 0.717) is 0 Å². The highest BCUT2D eigenvalue weighted by Crippen LogP contribution is 2.52. The van der Waals surface area contributed by atoms with Gasteiger partial charge in [0, 0.05) is 4.90 Å². The van der Waals surface area contributed by atoms with Crippen molar-refractivity contribution >= 4 is 17.7 Å². The second-order valence-corrected chi connectivity index (χ2v) is 5.09. The molecule has 1 aliphatic rings. The van der Waals surface area contributed by atoms with Crippen LogP contribution >= 0.6 is 11.8 Å². The second-order valence-electron chi connectivity index (χ2n) is 3.67. The number of aliphatic carboxylic acids is 1. The molecule has 0 aromatic heterocycles. The third-order valence-electron chi connectivity index (χ3n) is 2.49. The largest absolute Gasteiger partial charge is 0.480 e. The smallest absolute Gasteiger partial charge is 0.320 e. The number of hydrogen-bond acceptors (Lipinski definition) is 2. The van der Waals surface area contributed by atoms with Gasteiger partial charge in [0.2, 0.25) is 0 Å². The van der Waals surface area contributed by atoms with Crippen molar-refractivity contribution in [3.8, 4) is 0 Å². The van der Waals surface area contributed by atoms with Gasteiger partial charge in [-0.25, -0.2) is 0 Å². The fourth-order valence-corrected chi connectivity index (χ4v) is 2.54. The van der Waals surface area contributed by atoms with Crippen LogP contribution in [-0.4, -0.2) is 15.8 Å². The van der Waals surface area contributed by atoms with Gasteiger partial charge in [0.05, 0.1) is 0 Å². The van der Waals surface area contributed by atoms with Gasteiger partial charge in [0.1, 0.15) is 4.75 Å². The van der Waals surface area contributed by atoms with Gasteiger partial charge in [-0.2, -0.15) is 0 Å². The molecule has 2 rings (SSSR count).